The minimum Gasteiger partial charge on any atom is -0.397 e. The van der Waals surface area contributed by atoms with Crippen LogP contribution < -0.4 is 17.0 Å². The molecule has 0 bridgehead atoms. The van der Waals surface area contributed by atoms with Gasteiger partial charge in [0.2, 0.25) is 0 Å². The first-order valence-electron chi connectivity index (χ1n) is 4.67. The number of benzene rings is 1. The Labute approximate surface area is 84.8 Å². The quantitative estimate of drug-likeness (QED) is 0.501. The van der Waals surface area contributed by atoms with Gasteiger partial charge in [0.25, 0.3) is 0 Å². The summed E-state index contributed by atoms with van der Waals surface area (Å²) in [6, 6.07) is 8.16. The third-order valence-corrected chi connectivity index (χ3v) is 2.15. The standard InChI is InChI=1S/C11H17N3/c1-8(2)9-3-5-10(6-4-9)11(12)7-14-13/h3-8,14H,12-13H2,1-2H3/b11-7-. The van der Waals surface area contributed by atoms with Gasteiger partial charge < -0.3 is 11.2 Å². The van der Waals surface area contributed by atoms with Crippen LogP contribution in [-0.2, 0) is 0 Å². The predicted molar refractivity (Wildman–Crippen MR) is 60.0 cm³/mol. The van der Waals surface area contributed by atoms with Crippen molar-refractivity contribution >= 4 is 5.70 Å². The van der Waals surface area contributed by atoms with Gasteiger partial charge in [0, 0.05) is 6.20 Å². The maximum absolute atomic E-state index is 5.75. The van der Waals surface area contributed by atoms with Gasteiger partial charge in [-0.2, -0.15) is 0 Å². The Bertz CT molecular complexity index is 312. The molecule has 1 aromatic rings. The number of nitrogens with one attached hydrogen (secondary N) is 1. The van der Waals surface area contributed by atoms with Gasteiger partial charge in [-0.25, -0.2) is 0 Å². The van der Waals surface area contributed by atoms with Crippen LogP contribution in [0.1, 0.15) is 30.9 Å². The minimum atomic E-state index is 0.543. The molecule has 5 N–H and O–H groups in total. The molecule has 0 radical (unpaired) electrons. The van der Waals surface area contributed by atoms with Gasteiger partial charge in [0.05, 0.1) is 5.70 Å². The van der Waals surface area contributed by atoms with Crippen LogP contribution in [0.2, 0.25) is 0 Å². The second-order valence-corrected chi connectivity index (χ2v) is 3.54. The van der Waals surface area contributed by atoms with Crippen LogP contribution in [0, 0.1) is 0 Å². The van der Waals surface area contributed by atoms with Gasteiger partial charge in [0.1, 0.15) is 0 Å². The highest BCUT2D eigenvalue weighted by Crippen LogP contribution is 2.16. The SMILES string of the molecule is CC(C)c1ccc(/C(N)=C/NN)cc1. The maximum atomic E-state index is 5.75. The van der Waals surface area contributed by atoms with Crippen LogP contribution in [0.3, 0.4) is 0 Å². The number of nitrogens with two attached hydrogens (primary N) is 2. The van der Waals surface area contributed by atoms with E-state index >= 15 is 0 Å². The summed E-state index contributed by atoms with van der Waals surface area (Å²) in [5.41, 5.74) is 11.1. The molecular weight excluding hydrogens is 174 g/mol. The Morgan fingerprint density at radius 3 is 2.29 bits per heavy atom. The Morgan fingerprint density at radius 1 is 1.29 bits per heavy atom. The predicted octanol–water partition coefficient (Wildman–Crippen LogP) is 1.53. The first-order valence-corrected chi connectivity index (χ1v) is 4.67. The lowest BCUT2D eigenvalue weighted by atomic mass is 10.0. The van der Waals surface area contributed by atoms with Crippen LogP contribution in [0.4, 0.5) is 0 Å². The monoisotopic (exact) mass is 191 g/mol. The summed E-state index contributed by atoms with van der Waals surface area (Å²) in [7, 11) is 0. The highest BCUT2D eigenvalue weighted by molar-refractivity contribution is 5.62. The number of rotatable bonds is 3. The molecule has 1 rings (SSSR count). The highest BCUT2D eigenvalue weighted by atomic mass is 15.2. The van der Waals surface area contributed by atoms with Gasteiger partial charge >= 0.3 is 0 Å². The second-order valence-electron chi connectivity index (χ2n) is 3.54. The van der Waals surface area contributed by atoms with Crippen LogP contribution in [0.5, 0.6) is 0 Å². The molecule has 3 heteroatoms. The van der Waals surface area contributed by atoms with Gasteiger partial charge in [-0.1, -0.05) is 38.1 Å². The van der Waals surface area contributed by atoms with Crippen molar-refractivity contribution in [2.75, 3.05) is 0 Å². The van der Waals surface area contributed by atoms with Crippen molar-refractivity contribution in [3.63, 3.8) is 0 Å². The van der Waals surface area contributed by atoms with E-state index < -0.39 is 0 Å². The van der Waals surface area contributed by atoms with Gasteiger partial charge in [-0.05, 0) is 17.0 Å². The summed E-state index contributed by atoms with van der Waals surface area (Å²) in [5, 5.41) is 0. The van der Waals surface area contributed by atoms with Crippen molar-refractivity contribution in [1.29, 1.82) is 0 Å². The molecule has 76 valence electrons. The molecule has 0 fully saturated rings. The average Bonchev–Trinajstić information content (AvgIpc) is 2.18. The molecule has 0 saturated heterocycles. The first kappa shape index (κ1) is 10.6. The van der Waals surface area contributed by atoms with Crippen LogP contribution in [0.25, 0.3) is 5.70 Å². The normalized spacial score (nSPS) is 11.9. The molecule has 0 aliphatic carbocycles. The zero-order valence-electron chi connectivity index (χ0n) is 8.62. The van der Waals surface area contributed by atoms with Crippen molar-refractivity contribution in [2.45, 2.75) is 19.8 Å². The van der Waals surface area contributed by atoms with E-state index in [9.17, 15) is 0 Å². The van der Waals surface area contributed by atoms with Crippen molar-refractivity contribution in [3.05, 3.63) is 41.6 Å². The lowest BCUT2D eigenvalue weighted by Crippen LogP contribution is -2.16. The number of hydrogen-bond acceptors (Lipinski definition) is 3. The lowest BCUT2D eigenvalue weighted by Gasteiger charge is -2.06. The maximum Gasteiger partial charge on any atom is 0.0561 e. The minimum absolute atomic E-state index is 0.543. The van der Waals surface area contributed by atoms with Crippen LogP contribution in [-0.4, -0.2) is 0 Å². The fourth-order valence-corrected chi connectivity index (χ4v) is 1.23. The highest BCUT2D eigenvalue weighted by Gasteiger charge is 1.99. The van der Waals surface area contributed by atoms with Gasteiger partial charge in [-0.3, -0.25) is 5.84 Å². The largest absolute Gasteiger partial charge is 0.397 e. The summed E-state index contributed by atoms with van der Waals surface area (Å²) in [5.74, 6) is 5.68. The third kappa shape index (κ3) is 2.50. The van der Waals surface area contributed by atoms with E-state index in [-0.39, 0.29) is 0 Å². The Hall–Kier alpha value is -1.48. The van der Waals surface area contributed by atoms with E-state index in [1.54, 1.807) is 6.20 Å². The second kappa shape index (κ2) is 4.67. The zero-order chi connectivity index (χ0) is 10.6. The molecule has 0 spiro atoms. The van der Waals surface area contributed by atoms with Crippen molar-refractivity contribution in [2.24, 2.45) is 11.6 Å². The number of hydrogen-bond donors (Lipinski definition) is 3. The zero-order valence-corrected chi connectivity index (χ0v) is 8.62. The van der Waals surface area contributed by atoms with Crippen molar-refractivity contribution in [1.82, 2.24) is 5.43 Å². The van der Waals surface area contributed by atoms with Crippen molar-refractivity contribution < 1.29 is 0 Å². The summed E-state index contributed by atoms with van der Waals surface area (Å²) < 4.78 is 0. The van der Waals surface area contributed by atoms with E-state index in [0.29, 0.717) is 11.6 Å². The molecule has 3 nitrogen and oxygen atoms in total. The molecule has 0 atom stereocenters. The Kier molecular flexibility index (Phi) is 3.54. The van der Waals surface area contributed by atoms with Crippen molar-refractivity contribution in [3.8, 4) is 0 Å². The van der Waals surface area contributed by atoms with Crippen LogP contribution in [0.15, 0.2) is 30.5 Å². The smallest absolute Gasteiger partial charge is 0.0561 e. The molecule has 0 aliphatic rings. The fourth-order valence-electron chi connectivity index (χ4n) is 1.23. The third-order valence-electron chi connectivity index (χ3n) is 2.15. The molecule has 1 aromatic carbocycles. The molecule has 0 aliphatic heterocycles. The molecule has 0 saturated carbocycles. The Morgan fingerprint density at radius 2 is 1.86 bits per heavy atom. The van der Waals surface area contributed by atoms with E-state index in [2.05, 4.69) is 31.4 Å². The fraction of sp³-hybridized carbons (Fsp3) is 0.273. The van der Waals surface area contributed by atoms with E-state index in [4.69, 9.17) is 11.6 Å². The molecule has 0 amide bonds. The number of hydrazine groups is 1. The molecule has 0 heterocycles. The summed E-state index contributed by atoms with van der Waals surface area (Å²) >= 11 is 0. The summed E-state index contributed by atoms with van der Waals surface area (Å²) in [4.78, 5) is 0. The van der Waals surface area contributed by atoms with E-state index in [1.807, 2.05) is 12.1 Å². The molecular formula is C11H17N3. The van der Waals surface area contributed by atoms with Gasteiger partial charge in [0.15, 0.2) is 0 Å². The topological polar surface area (TPSA) is 64.1 Å². The lowest BCUT2D eigenvalue weighted by molar-refractivity contribution is 0.866. The molecule has 0 unspecified atom stereocenters. The average molecular weight is 191 g/mol. The summed E-state index contributed by atoms with van der Waals surface area (Å²) in [6.45, 7) is 4.32. The summed E-state index contributed by atoms with van der Waals surface area (Å²) in [6.07, 6.45) is 1.57. The van der Waals surface area contributed by atoms with Crippen LogP contribution >= 0.6 is 0 Å². The molecule has 0 aromatic heterocycles. The van der Waals surface area contributed by atoms with Gasteiger partial charge in [-0.15, -0.1) is 0 Å². The molecule has 14 heavy (non-hydrogen) atoms. The Balaban J connectivity index is 2.88. The first-order chi connectivity index (χ1) is 6.65. The van der Waals surface area contributed by atoms with E-state index in [0.717, 1.165) is 5.56 Å². The van der Waals surface area contributed by atoms with E-state index in [1.165, 1.54) is 5.56 Å².